The summed E-state index contributed by atoms with van der Waals surface area (Å²) in [5.41, 5.74) is 9.76. The Hall–Kier alpha value is -2.09. The fraction of sp³-hybridized carbons (Fsp3) is 0.188. The Labute approximate surface area is 109 Å². The van der Waals surface area contributed by atoms with Gasteiger partial charge in [-0.25, -0.2) is 0 Å². The molecule has 0 amide bonds. The molecule has 0 saturated carbocycles. The van der Waals surface area contributed by atoms with Crippen molar-refractivity contribution in [2.75, 3.05) is 5.73 Å². The van der Waals surface area contributed by atoms with Crippen LogP contribution in [0.3, 0.4) is 0 Å². The van der Waals surface area contributed by atoms with Crippen molar-refractivity contribution in [1.82, 2.24) is 0 Å². The molecule has 1 aromatic carbocycles. The molecule has 0 aromatic heterocycles. The van der Waals surface area contributed by atoms with E-state index in [1.54, 1.807) is 18.4 Å². The maximum absolute atomic E-state index is 6.01. The first-order chi connectivity index (χ1) is 8.72. The normalized spacial score (nSPS) is 11.7. The van der Waals surface area contributed by atoms with Crippen molar-refractivity contribution >= 4 is 17.6 Å². The van der Waals surface area contributed by atoms with E-state index in [-0.39, 0.29) is 0 Å². The fourth-order valence-electron chi connectivity index (χ4n) is 1.72. The number of benzene rings is 1. The molecule has 0 heterocycles. The highest BCUT2D eigenvalue weighted by atomic mass is 14.7. The molecule has 0 radical (unpaired) electrons. The minimum atomic E-state index is 0.726. The summed E-state index contributed by atoms with van der Waals surface area (Å²) in [6.45, 7) is 9.49. The molecule has 2 nitrogen and oxygen atoms in total. The van der Waals surface area contributed by atoms with Crippen molar-refractivity contribution in [3.63, 3.8) is 0 Å². The highest BCUT2D eigenvalue weighted by molar-refractivity contribution is 5.83. The van der Waals surface area contributed by atoms with E-state index in [0.717, 1.165) is 29.8 Å². The van der Waals surface area contributed by atoms with Crippen LogP contribution in [0.5, 0.6) is 0 Å². The molecule has 0 aliphatic rings. The maximum atomic E-state index is 6.01. The van der Waals surface area contributed by atoms with Crippen LogP contribution in [-0.2, 0) is 6.42 Å². The molecule has 0 bridgehead atoms. The quantitative estimate of drug-likeness (QED) is 0.455. The van der Waals surface area contributed by atoms with Crippen LogP contribution in [0.4, 0.5) is 5.69 Å². The van der Waals surface area contributed by atoms with Crippen LogP contribution < -0.4 is 5.73 Å². The maximum Gasteiger partial charge on any atom is 0.0722 e. The summed E-state index contributed by atoms with van der Waals surface area (Å²) in [5.74, 6) is 0. The summed E-state index contributed by atoms with van der Waals surface area (Å²) in [4.78, 5) is 4.33. The van der Waals surface area contributed by atoms with Crippen molar-refractivity contribution < 1.29 is 0 Å². The van der Waals surface area contributed by atoms with Crippen LogP contribution in [0.25, 0.3) is 5.70 Å². The van der Waals surface area contributed by atoms with Crippen molar-refractivity contribution in [1.29, 1.82) is 0 Å². The topological polar surface area (TPSA) is 38.4 Å². The van der Waals surface area contributed by atoms with Gasteiger partial charge in [0.1, 0.15) is 0 Å². The van der Waals surface area contributed by atoms with Crippen LogP contribution in [0, 0.1) is 0 Å². The second kappa shape index (κ2) is 7.28. The zero-order valence-corrected chi connectivity index (χ0v) is 10.9. The van der Waals surface area contributed by atoms with E-state index < -0.39 is 0 Å². The first-order valence-electron chi connectivity index (χ1n) is 6.09. The smallest absolute Gasteiger partial charge is 0.0722 e. The van der Waals surface area contributed by atoms with E-state index in [1.807, 2.05) is 12.1 Å². The Kier molecular flexibility index (Phi) is 5.65. The average Bonchev–Trinajstić information content (AvgIpc) is 2.37. The van der Waals surface area contributed by atoms with Gasteiger partial charge in [-0.15, -0.1) is 0 Å². The van der Waals surface area contributed by atoms with E-state index in [9.17, 15) is 0 Å². The number of nitrogens with two attached hydrogens (primary N) is 1. The number of hydrogen-bond donors (Lipinski definition) is 1. The summed E-state index contributed by atoms with van der Waals surface area (Å²) < 4.78 is 0. The standard InChI is InChI=1S/C16H20N2/c1-4-7-13-9-10-15(17)14(12-13)16(8-5-2)18-11-6-3/h5-6,8-12H,2-4,7,17H2,1H3/b16-8-,18-11-. The predicted octanol–water partition coefficient (Wildman–Crippen LogP) is 4.01. The lowest BCUT2D eigenvalue weighted by Crippen LogP contribution is -1.95. The average molecular weight is 240 g/mol. The molecule has 18 heavy (non-hydrogen) atoms. The first kappa shape index (κ1) is 14.0. The molecule has 0 saturated heterocycles. The molecule has 0 unspecified atom stereocenters. The zero-order valence-electron chi connectivity index (χ0n) is 10.9. The zero-order chi connectivity index (χ0) is 13.4. The summed E-state index contributed by atoms with van der Waals surface area (Å²) >= 11 is 0. The number of hydrogen-bond acceptors (Lipinski definition) is 2. The van der Waals surface area contributed by atoms with Crippen LogP contribution in [-0.4, -0.2) is 6.21 Å². The first-order valence-corrected chi connectivity index (χ1v) is 6.09. The number of nitrogen functional groups attached to an aromatic ring is 1. The molecule has 0 aliphatic carbocycles. The SMILES string of the molecule is C=C/C=N\C(=C/C=C)c1cc(CCC)ccc1N. The Balaban J connectivity index is 3.21. The van der Waals surface area contributed by atoms with Gasteiger partial charge in [0.25, 0.3) is 0 Å². The van der Waals surface area contributed by atoms with E-state index in [2.05, 4.69) is 37.2 Å². The van der Waals surface area contributed by atoms with Gasteiger partial charge in [0.05, 0.1) is 5.70 Å². The van der Waals surface area contributed by atoms with Crippen molar-refractivity contribution in [3.8, 4) is 0 Å². The monoisotopic (exact) mass is 240 g/mol. The summed E-state index contributed by atoms with van der Waals surface area (Å²) in [7, 11) is 0. The van der Waals surface area contributed by atoms with Gasteiger partial charge in [-0.1, -0.05) is 44.7 Å². The highest BCUT2D eigenvalue weighted by Gasteiger charge is 2.05. The number of aryl methyl sites for hydroxylation is 1. The molecule has 2 N–H and O–H groups in total. The molecule has 0 atom stereocenters. The summed E-state index contributed by atoms with van der Waals surface area (Å²) in [6, 6.07) is 6.08. The van der Waals surface area contributed by atoms with Gasteiger partial charge in [0.15, 0.2) is 0 Å². The Morgan fingerprint density at radius 1 is 1.33 bits per heavy atom. The van der Waals surface area contributed by atoms with Gasteiger partial charge >= 0.3 is 0 Å². The van der Waals surface area contributed by atoms with E-state index in [4.69, 9.17) is 5.73 Å². The van der Waals surface area contributed by atoms with Crippen LogP contribution in [0.1, 0.15) is 24.5 Å². The Bertz CT molecular complexity index is 482. The molecule has 0 aliphatic heterocycles. The lowest BCUT2D eigenvalue weighted by atomic mass is 10.0. The largest absolute Gasteiger partial charge is 0.398 e. The summed E-state index contributed by atoms with van der Waals surface area (Å²) in [6.07, 6.45) is 9.01. The highest BCUT2D eigenvalue weighted by Crippen LogP contribution is 2.24. The van der Waals surface area contributed by atoms with Crippen LogP contribution in [0.15, 0.2) is 54.6 Å². The van der Waals surface area contributed by atoms with Gasteiger partial charge in [0, 0.05) is 17.5 Å². The van der Waals surface area contributed by atoms with E-state index in [1.165, 1.54) is 5.56 Å². The molecule has 94 valence electrons. The second-order valence-electron chi connectivity index (χ2n) is 3.97. The van der Waals surface area contributed by atoms with Crippen molar-refractivity contribution in [2.24, 2.45) is 4.99 Å². The number of allylic oxidation sites excluding steroid dienone is 3. The van der Waals surface area contributed by atoms with Gasteiger partial charge in [-0.2, -0.15) is 0 Å². The lowest BCUT2D eigenvalue weighted by molar-refractivity contribution is 0.921. The molecular weight excluding hydrogens is 220 g/mol. The molecular formula is C16H20N2. The number of nitrogens with zero attached hydrogens (tertiary/aromatic N) is 1. The molecule has 0 fully saturated rings. The predicted molar refractivity (Wildman–Crippen MR) is 81.7 cm³/mol. The third-order valence-electron chi connectivity index (χ3n) is 2.53. The minimum absolute atomic E-state index is 0.726. The number of anilines is 1. The van der Waals surface area contributed by atoms with E-state index in [0.29, 0.717) is 0 Å². The lowest BCUT2D eigenvalue weighted by Gasteiger charge is -2.08. The molecule has 1 aromatic rings. The van der Waals surface area contributed by atoms with Gasteiger partial charge < -0.3 is 5.73 Å². The van der Waals surface area contributed by atoms with Crippen molar-refractivity contribution in [2.45, 2.75) is 19.8 Å². The molecule has 0 spiro atoms. The van der Waals surface area contributed by atoms with Crippen molar-refractivity contribution in [3.05, 3.63) is 60.7 Å². The summed E-state index contributed by atoms with van der Waals surface area (Å²) in [5, 5.41) is 0. The van der Waals surface area contributed by atoms with Crippen LogP contribution >= 0.6 is 0 Å². The number of aliphatic imine (C=N–C) groups is 1. The third kappa shape index (κ3) is 3.74. The minimum Gasteiger partial charge on any atom is -0.398 e. The van der Waals surface area contributed by atoms with Gasteiger partial charge in [-0.05, 0) is 30.2 Å². The van der Waals surface area contributed by atoms with Gasteiger partial charge in [0.2, 0.25) is 0 Å². The molecule has 2 heteroatoms. The Morgan fingerprint density at radius 2 is 2.11 bits per heavy atom. The molecule has 1 rings (SSSR count). The third-order valence-corrected chi connectivity index (χ3v) is 2.53. The Morgan fingerprint density at radius 3 is 2.72 bits per heavy atom. The van der Waals surface area contributed by atoms with Crippen LogP contribution in [0.2, 0.25) is 0 Å². The van der Waals surface area contributed by atoms with Gasteiger partial charge in [-0.3, -0.25) is 4.99 Å². The van der Waals surface area contributed by atoms with E-state index >= 15 is 0 Å². The fourth-order valence-corrected chi connectivity index (χ4v) is 1.72. The number of rotatable bonds is 6. The second-order valence-corrected chi connectivity index (χ2v) is 3.97.